The van der Waals surface area contributed by atoms with Crippen molar-refractivity contribution >= 4 is 16.9 Å². The molecule has 0 aliphatic carbocycles. The molecule has 2 heterocycles. The number of nitrogens with zero attached hydrogens (tertiary/aromatic N) is 1. The van der Waals surface area contributed by atoms with Crippen LogP contribution in [0.1, 0.15) is 5.56 Å². The molecule has 0 atom stereocenters. The summed E-state index contributed by atoms with van der Waals surface area (Å²) in [5.41, 5.74) is 1.92. The highest BCUT2D eigenvalue weighted by atomic mass is 16.5. The van der Waals surface area contributed by atoms with Crippen LogP contribution in [0.25, 0.3) is 22.3 Å². The highest BCUT2D eigenvalue weighted by molar-refractivity contribution is 5.83. The predicted molar refractivity (Wildman–Crippen MR) is 106 cm³/mol. The van der Waals surface area contributed by atoms with E-state index in [1.54, 1.807) is 11.0 Å². The summed E-state index contributed by atoms with van der Waals surface area (Å²) in [7, 11) is 0. The van der Waals surface area contributed by atoms with Crippen LogP contribution < -0.4 is 10.2 Å². The largest absolute Gasteiger partial charge is 0.476 e. The van der Waals surface area contributed by atoms with Gasteiger partial charge in [0.15, 0.2) is 12.4 Å². The summed E-state index contributed by atoms with van der Waals surface area (Å²) in [5.74, 6) is 0.216. The Kier molecular flexibility index (Phi) is 5.12. The number of morpholine rings is 1. The minimum absolute atomic E-state index is 0.0594. The van der Waals surface area contributed by atoms with Gasteiger partial charge >= 0.3 is 0 Å². The average molecular weight is 379 g/mol. The zero-order valence-corrected chi connectivity index (χ0v) is 15.6. The van der Waals surface area contributed by atoms with E-state index in [9.17, 15) is 9.59 Å². The van der Waals surface area contributed by atoms with E-state index in [2.05, 4.69) is 0 Å². The Morgan fingerprint density at radius 1 is 1.11 bits per heavy atom. The second-order valence-electron chi connectivity index (χ2n) is 6.74. The quantitative estimate of drug-likeness (QED) is 0.697. The lowest BCUT2D eigenvalue weighted by Gasteiger charge is -2.26. The number of hydrogen-bond donors (Lipinski definition) is 0. The van der Waals surface area contributed by atoms with Crippen molar-refractivity contribution in [3.63, 3.8) is 0 Å². The van der Waals surface area contributed by atoms with E-state index in [4.69, 9.17) is 13.9 Å². The van der Waals surface area contributed by atoms with E-state index in [0.29, 0.717) is 43.0 Å². The molecule has 4 rings (SSSR count). The molecule has 0 spiro atoms. The van der Waals surface area contributed by atoms with Gasteiger partial charge in [0.1, 0.15) is 5.58 Å². The van der Waals surface area contributed by atoms with E-state index in [-0.39, 0.29) is 23.7 Å². The first-order valence-corrected chi connectivity index (χ1v) is 9.24. The van der Waals surface area contributed by atoms with Gasteiger partial charge in [0.05, 0.1) is 18.6 Å². The SMILES string of the molecule is Cc1ccc2c(=O)c(OCC(=O)N3CCOCC3)c(-c3ccccc3)oc2c1. The average Bonchev–Trinajstić information content (AvgIpc) is 2.73. The maximum absolute atomic E-state index is 13.1. The topological polar surface area (TPSA) is 69.0 Å². The number of aryl methyl sites for hydroxylation is 1. The van der Waals surface area contributed by atoms with Crippen molar-refractivity contribution in [1.29, 1.82) is 0 Å². The van der Waals surface area contributed by atoms with E-state index in [1.165, 1.54) is 0 Å². The first kappa shape index (κ1) is 18.3. The Labute approximate surface area is 162 Å². The predicted octanol–water partition coefficient (Wildman–Crippen LogP) is 3.01. The number of ether oxygens (including phenoxy) is 2. The highest BCUT2D eigenvalue weighted by Crippen LogP contribution is 2.31. The molecule has 0 unspecified atom stereocenters. The van der Waals surface area contributed by atoms with Crippen LogP contribution in [-0.2, 0) is 9.53 Å². The summed E-state index contributed by atoms with van der Waals surface area (Å²) in [6.07, 6.45) is 0. The summed E-state index contributed by atoms with van der Waals surface area (Å²) in [4.78, 5) is 27.2. The first-order valence-electron chi connectivity index (χ1n) is 9.24. The van der Waals surface area contributed by atoms with Crippen LogP contribution in [0, 0.1) is 6.92 Å². The van der Waals surface area contributed by atoms with E-state index in [0.717, 1.165) is 11.1 Å². The minimum atomic E-state index is -0.283. The normalized spacial score (nSPS) is 14.2. The second kappa shape index (κ2) is 7.86. The van der Waals surface area contributed by atoms with Gasteiger partial charge < -0.3 is 18.8 Å². The molecule has 1 aliphatic rings. The molecular weight excluding hydrogens is 358 g/mol. The number of carbonyl (C=O) groups excluding carboxylic acids is 1. The highest BCUT2D eigenvalue weighted by Gasteiger charge is 2.21. The monoisotopic (exact) mass is 379 g/mol. The van der Waals surface area contributed by atoms with Crippen LogP contribution in [0.15, 0.2) is 57.7 Å². The van der Waals surface area contributed by atoms with Crippen molar-refractivity contribution in [2.45, 2.75) is 6.92 Å². The Morgan fingerprint density at radius 2 is 1.86 bits per heavy atom. The van der Waals surface area contributed by atoms with Crippen LogP contribution in [0.5, 0.6) is 5.75 Å². The molecule has 28 heavy (non-hydrogen) atoms. The molecule has 0 N–H and O–H groups in total. The molecule has 144 valence electrons. The zero-order valence-electron chi connectivity index (χ0n) is 15.6. The number of rotatable bonds is 4. The van der Waals surface area contributed by atoms with Gasteiger partial charge in [0, 0.05) is 18.7 Å². The third-order valence-electron chi connectivity index (χ3n) is 4.75. The lowest BCUT2D eigenvalue weighted by Crippen LogP contribution is -2.43. The van der Waals surface area contributed by atoms with Crippen LogP contribution in [0.3, 0.4) is 0 Å². The number of amides is 1. The smallest absolute Gasteiger partial charge is 0.260 e. The fourth-order valence-corrected chi connectivity index (χ4v) is 3.23. The zero-order chi connectivity index (χ0) is 19.5. The van der Waals surface area contributed by atoms with Gasteiger partial charge in [-0.2, -0.15) is 0 Å². The lowest BCUT2D eigenvalue weighted by atomic mass is 10.1. The molecule has 2 aromatic carbocycles. The molecule has 1 aliphatic heterocycles. The van der Waals surface area contributed by atoms with E-state index in [1.807, 2.05) is 49.4 Å². The Morgan fingerprint density at radius 3 is 2.61 bits per heavy atom. The van der Waals surface area contributed by atoms with Gasteiger partial charge in [-0.25, -0.2) is 0 Å². The van der Waals surface area contributed by atoms with Gasteiger partial charge in [0.25, 0.3) is 5.91 Å². The van der Waals surface area contributed by atoms with Gasteiger partial charge in [-0.05, 0) is 24.6 Å². The molecule has 1 saturated heterocycles. The maximum atomic E-state index is 13.1. The molecule has 1 fully saturated rings. The third kappa shape index (κ3) is 3.64. The lowest BCUT2D eigenvalue weighted by molar-refractivity contribution is -0.137. The van der Waals surface area contributed by atoms with Crippen molar-refractivity contribution in [1.82, 2.24) is 4.90 Å². The molecule has 0 radical (unpaired) electrons. The Balaban J connectivity index is 1.73. The number of benzene rings is 2. The summed E-state index contributed by atoms with van der Waals surface area (Å²) < 4.78 is 17.1. The Hall–Kier alpha value is -3.12. The molecule has 0 bridgehead atoms. The summed E-state index contributed by atoms with van der Waals surface area (Å²) in [6.45, 7) is 3.80. The van der Waals surface area contributed by atoms with Crippen molar-refractivity contribution in [2.75, 3.05) is 32.9 Å². The van der Waals surface area contributed by atoms with E-state index < -0.39 is 0 Å². The summed E-state index contributed by atoms with van der Waals surface area (Å²) in [5, 5.41) is 0.430. The summed E-state index contributed by atoms with van der Waals surface area (Å²) in [6, 6.07) is 14.7. The molecule has 1 amide bonds. The third-order valence-corrected chi connectivity index (χ3v) is 4.75. The van der Waals surface area contributed by atoms with Gasteiger partial charge in [-0.1, -0.05) is 36.4 Å². The fraction of sp³-hybridized carbons (Fsp3) is 0.273. The number of hydrogen-bond acceptors (Lipinski definition) is 5. The molecule has 1 aromatic heterocycles. The molecule has 6 heteroatoms. The fourth-order valence-electron chi connectivity index (χ4n) is 3.23. The van der Waals surface area contributed by atoms with Crippen molar-refractivity contribution < 1.29 is 18.7 Å². The van der Waals surface area contributed by atoms with Crippen LogP contribution in [0.2, 0.25) is 0 Å². The standard InChI is InChI=1S/C22H21NO5/c1-15-7-8-17-18(13-15)28-21(16-5-3-2-4-6-16)22(20(17)25)27-14-19(24)23-9-11-26-12-10-23/h2-8,13H,9-12,14H2,1H3. The molecule has 0 saturated carbocycles. The van der Waals surface area contributed by atoms with Crippen molar-refractivity contribution in [2.24, 2.45) is 0 Å². The maximum Gasteiger partial charge on any atom is 0.260 e. The minimum Gasteiger partial charge on any atom is -0.476 e. The molecule has 6 nitrogen and oxygen atoms in total. The van der Waals surface area contributed by atoms with Crippen molar-refractivity contribution in [3.05, 3.63) is 64.3 Å². The second-order valence-corrected chi connectivity index (χ2v) is 6.74. The van der Waals surface area contributed by atoms with Crippen molar-refractivity contribution in [3.8, 4) is 17.1 Å². The van der Waals surface area contributed by atoms with Crippen LogP contribution in [0.4, 0.5) is 0 Å². The van der Waals surface area contributed by atoms with Gasteiger partial charge in [-0.15, -0.1) is 0 Å². The molecular formula is C22H21NO5. The Bertz CT molecular complexity index is 1050. The molecule has 3 aromatic rings. The van der Waals surface area contributed by atoms with Gasteiger partial charge in [-0.3, -0.25) is 9.59 Å². The number of carbonyl (C=O) groups is 1. The van der Waals surface area contributed by atoms with E-state index >= 15 is 0 Å². The van der Waals surface area contributed by atoms with Gasteiger partial charge in [0.2, 0.25) is 11.2 Å². The summed E-state index contributed by atoms with van der Waals surface area (Å²) >= 11 is 0. The number of fused-ring (bicyclic) bond motifs is 1. The van der Waals surface area contributed by atoms with Crippen LogP contribution in [-0.4, -0.2) is 43.7 Å². The van der Waals surface area contributed by atoms with Crippen LogP contribution >= 0.6 is 0 Å². The first-order chi connectivity index (χ1) is 13.6.